The third-order valence-electron chi connectivity index (χ3n) is 1.21. The summed E-state index contributed by atoms with van der Waals surface area (Å²) < 4.78 is 0. The van der Waals surface area contributed by atoms with Gasteiger partial charge in [0, 0.05) is 6.07 Å². The molecule has 0 atom stereocenters. The molecule has 0 aliphatic rings. The van der Waals surface area contributed by atoms with Crippen molar-refractivity contribution in [2.75, 3.05) is 0 Å². The van der Waals surface area contributed by atoms with E-state index in [0.717, 1.165) is 6.07 Å². The largest absolute Gasteiger partial charge is 0.700 e. The Morgan fingerprint density at radius 1 is 1.29 bits per heavy atom. The van der Waals surface area contributed by atoms with Gasteiger partial charge >= 0.3 is 35.3 Å². The van der Waals surface area contributed by atoms with E-state index >= 15 is 0 Å². The van der Waals surface area contributed by atoms with E-state index in [0.29, 0.717) is 0 Å². The molecule has 0 aromatic heterocycles. The first-order valence-corrected chi connectivity index (χ1v) is 8.70. The summed E-state index contributed by atoms with van der Waals surface area (Å²) in [6.07, 6.45) is 0. The summed E-state index contributed by atoms with van der Waals surface area (Å²) in [5, 5.41) is 10.1. The van der Waals surface area contributed by atoms with Crippen LogP contribution in [0.3, 0.4) is 0 Å². The average Bonchev–Trinajstić information content (AvgIpc) is 2.10. The van der Waals surface area contributed by atoms with Crippen LogP contribution in [-0.2, 0) is 16.5 Å². The Morgan fingerprint density at radius 3 is 2.14 bits per heavy atom. The predicted octanol–water partition coefficient (Wildman–Crippen LogP) is 4.34. The van der Waals surface area contributed by atoms with E-state index < -0.39 is 21.4 Å². The molecule has 2 N–H and O–H groups in total. The van der Waals surface area contributed by atoms with Crippen molar-refractivity contribution in [2.24, 2.45) is 0 Å². The van der Waals surface area contributed by atoms with Crippen molar-refractivity contribution in [1.29, 1.82) is 0 Å². The number of halogens is 2. The van der Waals surface area contributed by atoms with Gasteiger partial charge in [-0.15, -0.1) is 0 Å². The minimum atomic E-state index is -0.586. The Hall–Kier alpha value is -0.512. The average molecular weight is 417 g/mol. The third kappa shape index (κ3) is 4.65. The first kappa shape index (κ1) is 13.5. The SMILES string of the molecule is [Cl][Pt+2][Cl].[NH-]c1ccc([N+](=O)[O-])cc1[NH-]. The monoisotopic (exact) mass is 416 g/mol. The molecule has 14 heavy (non-hydrogen) atoms. The van der Waals surface area contributed by atoms with E-state index in [2.05, 4.69) is 0 Å². The van der Waals surface area contributed by atoms with Crippen molar-refractivity contribution in [3.8, 4) is 0 Å². The summed E-state index contributed by atoms with van der Waals surface area (Å²) in [5.41, 5.74) is 13.8. The molecular weight excluding hydrogens is 412 g/mol. The summed E-state index contributed by atoms with van der Waals surface area (Å²) in [4.78, 5) is 9.54. The van der Waals surface area contributed by atoms with Crippen LogP contribution in [0.15, 0.2) is 18.2 Å². The Bertz CT molecular complexity index is 324. The number of hydrogen-bond acceptors (Lipinski definition) is 2. The predicted molar refractivity (Wildman–Crippen MR) is 52.8 cm³/mol. The maximum absolute atomic E-state index is 10.1. The van der Waals surface area contributed by atoms with Crippen molar-refractivity contribution in [3.05, 3.63) is 39.8 Å². The molecule has 8 heteroatoms. The van der Waals surface area contributed by atoms with Crippen LogP contribution in [0.1, 0.15) is 0 Å². The molecule has 0 radical (unpaired) electrons. The van der Waals surface area contributed by atoms with Crippen molar-refractivity contribution < 1.29 is 21.4 Å². The minimum Gasteiger partial charge on any atom is -0.700 e. The van der Waals surface area contributed by atoms with E-state index in [1.807, 2.05) is 0 Å². The van der Waals surface area contributed by atoms with Crippen LogP contribution in [-0.4, -0.2) is 4.92 Å². The fraction of sp³-hybridized carbons (Fsp3) is 0. The molecule has 0 aliphatic heterocycles. The Kier molecular flexibility index (Phi) is 6.62. The molecule has 0 unspecified atom stereocenters. The van der Waals surface area contributed by atoms with Gasteiger partial charge in [0.1, 0.15) is 0 Å². The molecule has 0 aliphatic carbocycles. The zero-order valence-corrected chi connectivity index (χ0v) is 10.4. The van der Waals surface area contributed by atoms with Gasteiger partial charge in [-0.25, -0.2) is 0 Å². The number of nitrogens with one attached hydrogen (secondary N) is 2. The fourth-order valence-corrected chi connectivity index (χ4v) is 0.646. The number of rotatable bonds is 1. The Balaban J connectivity index is 0.000000500. The van der Waals surface area contributed by atoms with E-state index in [1.165, 1.54) is 12.1 Å². The zero-order valence-electron chi connectivity index (χ0n) is 6.57. The molecule has 0 amide bonds. The molecule has 5 nitrogen and oxygen atoms in total. The van der Waals surface area contributed by atoms with Crippen LogP contribution in [0.5, 0.6) is 0 Å². The number of non-ortho nitro benzene ring substituents is 1. The minimum absolute atomic E-state index is 0.00407. The van der Waals surface area contributed by atoms with Crippen molar-refractivity contribution in [2.45, 2.75) is 0 Å². The molecule has 0 fully saturated rings. The summed E-state index contributed by atoms with van der Waals surface area (Å²) in [7, 11) is 9.75. The van der Waals surface area contributed by atoms with Gasteiger partial charge in [-0.3, -0.25) is 10.1 Å². The summed E-state index contributed by atoms with van der Waals surface area (Å²) in [6.45, 7) is 0. The topological polar surface area (TPSA) is 90.7 Å². The number of nitrogens with zero attached hydrogens (tertiary/aromatic N) is 1. The van der Waals surface area contributed by atoms with Crippen molar-refractivity contribution >= 4 is 35.9 Å². The molecule has 80 valence electrons. The maximum Gasteiger partial charge on any atom is 0.268 e. The molecule has 1 aromatic carbocycles. The molecule has 0 saturated carbocycles. The molecule has 0 saturated heterocycles. The Morgan fingerprint density at radius 2 is 1.79 bits per heavy atom. The van der Waals surface area contributed by atoms with Crippen LogP contribution in [0.4, 0.5) is 17.1 Å². The van der Waals surface area contributed by atoms with Crippen LogP contribution in [0, 0.1) is 10.1 Å². The first-order chi connectivity index (χ1) is 6.52. The van der Waals surface area contributed by atoms with E-state index in [1.54, 1.807) is 0 Å². The van der Waals surface area contributed by atoms with Crippen LogP contribution >= 0.6 is 18.8 Å². The summed E-state index contributed by atoms with van der Waals surface area (Å²) >= 11 is -0.472. The molecule has 1 rings (SSSR count). The van der Waals surface area contributed by atoms with Crippen LogP contribution < -0.4 is 0 Å². The first-order valence-electron chi connectivity index (χ1n) is 3.07. The second-order valence-corrected chi connectivity index (χ2v) is 5.31. The number of nitro groups is 1. The summed E-state index contributed by atoms with van der Waals surface area (Å²) in [6, 6.07) is 3.50. The van der Waals surface area contributed by atoms with Gasteiger partial charge in [-0.1, -0.05) is 6.07 Å². The quantitative estimate of drug-likeness (QED) is 0.503. The van der Waals surface area contributed by atoms with Crippen molar-refractivity contribution in [1.82, 2.24) is 0 Å². The molecule has 0 bridgehead atoms. The number of hydrogen-bond donors (Lipinski definition) is 0. The standard InChI is InChI=1S/C6H5N3O2.2ClH.Pt/c7-5-2-1-4(9(10)11)3-6(5)8;;;/h1-3,7-8H;2*1H;/q-2;;;+4/p-2. The fourth-order valence-electron chi connectivity index (χ4n) is 0.646. The molecule has 1 aromatic rings. The van der Waals surface area contributed by atoms with E-state index in [4.69, 9.17) is 30.3 Å². The van der Waals surface area contributed by atoms with Crippen LogP contribution in [0.2, 0.25) is 0 Å². The summed E-state index contributed by atoms with van der Waals surface area (Å²) in [5.74, 6) is 0. The Labute approximate surface area is 96.9 Å². The van der Waals surface area contributed by atoms with Gasteiger partial charge in [0.25, 0.3) is 5.69 Å². The molecule has 0 heterocycles. The third-order valence-corrected chi connectivity index (χ3v) is 1.21. The van der Waals surface area contributed by atoms with Gasteiger partial charge < -0.3 is 11.5 Å². The molecular formula is C6H5Cl2N3O2Pt. The number of benzene rings is 1. The second-order valence-electron chi connectivity index (χ2n) is 2.03. The molecule has 0 spiro atoms. The van der Waals surface area contributed by atoms with Crippen molar-refractivity contribution in [3.63, 3.8) is 0 Å². The van der Waals surface area contributed by atoms with Gasteiger partial charge in [0.05, 0.1) is 4.92 Å². The zero-order chi connectivity index (χ0) is 11.1. The maximum atomic E-state index is 10.1. The van der Waals surface area contributed by atoms with Gasteiger partial charge in [-0.05, 0) is 6.07 Å². The normalized spacial score (nSPS) is 9.00. The number of nitro benzene ring substituents is 1. The van der Waals surface area contributed by atoms with E-state index in [-0.39, 0.29) is 17.1 Å². The van der Waals surface area contributed by atoms with Gasteiger partial charge in [0.15, 0.2) is 0 Å². The second kappa shape index (κ2) is 6.87. The van der Waals surface area contributed by atoms with E-state index in [9.17, 15) is 10.1 Å². The smallest absolute Gasteiger partial charge is 0.268 e. The van der Waals surface area contributed by atoms with Crippen LogP contribution in [0.25, 0.3) is 11.5 Å². The van der Waals surface area contributed by atoms with Gasteiger partial charge in [0.2, 0.25) is 0 Å². The van der Waals surface area contributed by atoms with Gasteiger partial charge in [-0.2, -0.15) is 11.4 Å².